The van der Waals surface area contributed by atoms with Gasteiger partial charge in [-0.15, -0.1) is 0 Å². The second kappa shape index (κ2) is 7.41. The maximum absolute atomic E-state index is 12.1. The molecule has 1 N–H and O–H groups in total. The third kappa shape index (κ3) is 4.53. The Kier molecular flexibility index (Phi) is 5.53. The summed E-state index contributed by atoms with van der Waals surface area (Å²) in [6.45, 7) is 4.13. The lowest BCUT2D eigenvalue weighted by atomic mass is 10.1. The van der Waals surface area contributed by atoms with Crippen molar-refractivity contribution in [3.63, 3.8) is 0 Å². The summed E-state index contributed by atoms with van der Waals surface area (Å²) in [4.78, 5) is 9.97. The lowest BCUT2D eigenvalue weighted by Gasteiger charge is -2.11. The third-order valence-corrected chi connectivity index (χ3v) is 4.83. The van der Waals surface area contributed by atoms with Crippen LogP contribution in [0.1, 0.15) is 11.1 Å². The number of ether oxygens (including phenoxy) is 1. The molecule has 8 heteroatoms. The number of nitrogens with one attached hydrogen (secondary N) is 1. The molecule has 2 aromatic rings. The van der Waals surface area contributed by atoms with Gasteiger partial charge in [0.2, 0.25) is 10.0 Å². The maximum Gasteiger partial charge on any atom is 0.269 e. The SMILES string of the molecule is Cc1ccc(C)c(OCCNS(=O)(=O)c2ccc([N+](=O)[O-])cc2)c1. The molecule has 0 fully saturated rings. The minimum atomic E-state index is -3.73. The van der Waals surface area contributed by atoms with Crippen LogP contribution in [-0.4, -0.2) is 26.5 Å². The Morgan fingerprint density at radius 2 is 1.79 bits per heavy atom. The molecular weight excluding hydrogens is 332 g/mol. The number of hydrogen-bond acceptors (Lipinski definition) is 5. The Bertz CT molecular complexity index is 832. The molecule has 128 valence electrons. The van der Waals surface area contributed by atoms with Gasteiger partial charge in [-0.3, -0.25) is 10.1 Å². The van der Waals surface area contributed by atoms with Gasteiger partial charge in [0, 0.05) is 18.7 Å². The number of sulfonamides is 1. The predicted octanol–water partition coefficient (Wildman–Crippen LogP) is 2.57. The molecule has 0 unspecified atom stereocenters. The molecule has 7 nitrogen and oxygen atoms in total. The van der Waals surface area contributed by atoms with Crippen LogP contribution in [0.5, 0.6) is 5.75 Å². The van der Waals surface area contributed by atoms with Crippen molar-refractivity contribution in [3.8, 4) is 5.75 Å². The molecule has 2 aromatic carbocycles. The Hall–Kier alpha value is -2.45. The Morgan fingerprint density at radius 1 is 1.12 bits per heavy atom. The Balaban J connectivity index is 1.93. The van der Waals surface area contributed by atoms with E-state index in [-0.39, 0.29) is 23.7 Å². The summed E-state index contributed by atoms with van der Waals surface area (Å²) < 4.78 is 32.2. The van der Waals surface area contributed by atoms with E-state index < -0.39 is 14.9 Å². The number of benzene rings is 2. The van der Waals surface area contributed by atoms with Gasteiger partial charge in [-0.1, -0.05) is 12.1 Å². The molecule has 0 atom stereocenters. The molecule has 0 spiro atoms. The summed E-state index contributed by atoms with van der Waals surface area (Å²) in [7, 11) is -3.73. The van der Waals surface area contributed by atoms with Gasteiger partial charge in [0.15, 0.2) is 0 Å². The minimum Gasteiger partial charge on any atom is -0.492 e. The number of hydrogen-bond donors (Lipinski definition) is 1. The van der Waals surface area contributed by atoms with E-state index in [0.29, 0.717) is 5.75 Å². The molecule has 0 bridgehead atoms. The van der Waals surface area contributed by atoms with Gasteiger partial charge in [0.25, 0.3) is 5.69 Å². The first kappa shape index (κ1) is 17.9. The van der Waals surface area contributed by atoms with Gasteiger partial charge in [-0.2, -0.15) is 0 Å². The molecule has 0 aliphatic carbocycles. The van der Waals surface area contributed by atoms with Gasteiger partial charge in [-0.05, 0) is 43.2 Å². The van der Waals surface area contributed by atoms with Gasteiger partial charge in [0.1, 0.15) is 12.4 Å². The van der Waals surface area contributed by atoms with Gasteiger partial charge in [-0.25, -0.2) is 13.1 Å². The summed E-state index contributed by atoms with van der Waals surface area (Å²) in [5, 5.41) is 10.6. The summed E-state index contributed by atoms with van der Waals surface area (Å²) in [5.41, 5.74) is 1.87. The maximum atomic E-state index is 12.1. The largest absolute Gasteiger partial charge is 0.492 e. The van der Waals surface area contributed by atoms with Crippen LogP contribution in [0.25, 0.3) is 0 Å². The highest BCUT2D eigenvalue weighted by Crippen LogP contribution is 2.19. The lowest BCUT2D eigenvalue weighted by Crippen LogP contribution is -2.28. The number of non-ortho nitro benzene ring substituents is 1. The summed E-state index contributed by atoms with van der Waals surface area (Å²) in [5.74, 6) is 0.713. The molecule has 0 aromatic heterocycles. The van der Waals surface area contributed by atoms with E-state index in [9.17, 15) is 18.5 Å². The highest BCUT2D eigenvalue weighted by molar-refractivity contribution is 7.89. The van der Waals surface area contributed by atoms with E-state index >= 15 is 0 Å². The fourth-order valence-electron chi connectivity index (χ4n) is 2.03. The average molecular weight is 350 g/mol. The number of aryl methyl sites for hydroxylation is 2. The summed E-state index contributed by atoms with van der Waals surface area (Å²) in [6, 6.07) is 10.5. The summed E-state index contributed by atoms with van der Waals surface area (Å²) in [6.07, 6.45) is 0. The monoisotopic (exact) mass is 350 g/mol. The lowest BCUT2D eigenvalue weighted by molar-refractivity contribution is -0.384. The minimum absolute atomic E-state index is 0.0279. The molecule has 0 amide bonds. The molecule has 0 saturated carbocycles. The summed E-state index contributed by atoms with van der Waals surface area (Å²) >= 11 is 0. The number of nitro groups is 1. The van der Waals surface area contributed by atoms with Crippen molar-refractivity contribution in [1.82, 2.24) is 4.72 Å². The molecule has 0 heterocycles. The van der Waals surface area contributed by atoms with E-state index in [4.69, 9.17) is 4.74 Å². The van der Waals surface area contributed by atoms with Crippen LogP contribution in [0.2, 0.25) is 0 Å². The standard InChI is InChI=1S/C16H18N2O5S/c1-12-3-4-13(2)16(11-12)23-10-9-17-24(21,22)15-7-5-14(6-8-15)18(19)20/h3-8,11,17H,9-10H2,1-2H3. The van der Waals surface area contributed by atoms with Crippen LogP contribution in [0.3, 0.4) is 0 Å². The first-order valence-corrected chi connectivity index (χ1v) is 8.72. The molecule has 2 rings (SSSR count). The molecule has 0 saturated heterocycles. The number of nitrogens with zero attached hydrogens (tertiary/aromatic N) is 1. The fourth-order valence-corrected chi connectivity index (χ4v) is 3.04. The van der Waals surface area contributed by atoms with Crippen molar-refractivity contribution < 1.29 is 18.1 Å². The zero-order chi connectivity index (χ0) is 17.7. The van der Waals surface area contributed by atoms with Crippen LogP contribution < -0.4 is 9.46 Å². The van der Waals surface area contributed by atoms with Gasteiger partial charge < -0.3 is 4.74 Å². The van der Waals surface area contributed by atoms with Crippen LogP contribution in [0.15, 0.2) is 47.4 Å². The second-order valence-corrected chi connectivity index (χ2v) is 7.03. The number of rotatable bonds is 7. The first-order chi connectivity index (χ1) is 11.3. The quantitative estimate of drug-likeness (QED) is 0.470. The van der Waals surface area contributed by atoms with E-state index in [0.717, 1.165) is 23.3 Å². The highest BCUT2D eigenvalue weighted by Gasteiger charge is 2.15. The van der Waals surface area contributed by atoms with Crippen molar-refractivity contribution in [2.45, 2.75) is 18.7 Å². The average Bonchev–Trinajstić information content (AvgIpc) is 2.54. The van der Waals surface area contributed by atoms with Crippen molar-refractivity contribution in [2.24, 2.45) is 0 Å². The van der Waals surface area contributed by atoms with Crippen LogP contribution >= 0.6 is 0 Å². The van der Waals surface area contributed by atoms with Crippen molar-refractivity contribution in [3.05, 3.63) is 63.7 Å². The predicted molar refractivity (Wildman–Crippen MR) is 89.7 cm³/mol. The van der Waals surface area contributed by atoms with Crippen molar-refractivity contribution in [1.29, 1.82) is 0 Å². The smallest absolute Gasteiger partial charge is 0.269 e. The van der Waals surface area contributed by atoms with E-state index in [2.05, 4.69) is 4.72 Å². The molecular formula is C16H18N2O5S. The first-order valence-electron chi connectivity index (χ1n) is 7.24. The Labute approximate surface area is 140 Å². The van der Waals surface area contributed by atoms with Crippen molar-refractivity contribution >= 4 is 15.7 Å². The highest BCUT2D eigenvalue weighted by atomic mass is 32.2. The van der Waals surface area contributed by atoms with E-state index in [1.165, 1.54) is 12.1 Å². The van der Waals surface area contributed by atoms with Gasteiger partial charge in [0.05, 0.1) is 9.82 Å². The van der Waals surface area contributed by atoms with Crippen molar-refractivity contribution in [2.75, 3.05) is 13.2 Å². The zero-order valence-corrected chi connectivity index (χ0v) is 14.2. The fraction of sp³-hybridized carbons (Fsp3) is 0.250. The zero-order valence-electron chi connectivity index (χ0n) is 13.4. The van der Waals surface area contributed by atoms with Gasteiger partial charge >= 0.3 is 0 Å². The van der Waals surface area contributed by atoms with Crippen LogP contribution in [-0.2, 0) is 10.0 Å². The molecule has 0 aliphatic rings. The van der Waals surface area contributed by atoms with Crippen LogP contribution in [0.4, 0.5) is 5.69 Å². The third-order valence-electron chi connectivity index (χ3n) is 3.35. The number of nitro benzene ring substituents is 1. The Morgan fingerprint density at radius 3 is 2.42 bits per heavy atom. The second-order valence-electron chi connectivity index (χ2n) is 5.27. The normalized spacial score (nSPS) is 11.2. The van der Waals surface area contributed by atoms with E-state index in [1.54, 1.807) is 0 Å². The molecule has 0 radical (unpaired) electrons. The molecule has 0 aliphatic heterocycles. The van der Waals surface area contributed by atoms with Crippen LogP contribution in [0, 0.1) is 24.0 Å². The molecule has 24 heavy (non-hydrogen) atoms. The topological polar surface area (TPSA) is 98.5 Å². The van der Waals surface area contributed by atoms with E-state index in [1.807, 2.05) is 32.0 Å².